The highest BCUT2D eigenvalue weighted by Crippen LogP contribution is 2.26. The van der Waals surface area contributed by atoms with Crippen molar-refractivity contribution in [3.8, 4) is 0 Å². The van der Waals surface area contributed by atoms with Gasteiger partial charge in [0.25, 0.3) is 5.91 Å². The van der Waals surface area contributed by atoms with E-state index in [0.29, 0.717) is 0 Å². The average Bonchev–Trinajstić information content (AvgIpc) is 2.55. The maximum absolute atomic E-state index is 12.1. The average molecular weight is 344 g/mol. The lowest BCUT2D eigenvalue weighted by Crippen LogP contribution is -2.40. The van der Waals surface area contributed by atoms with E-state index in [1.54, 1.807) is 24.1 Å². The maximum atomic E-state index is 12.1. The van der Waals surface area contributed by atoms with Gasteiger partial charge in [0.2, 0.25) is 0 Å². The topological polar surface area (TPSA) is 46.6 Å². The zero-order valence-electron chi connectivity index (χ0n) is 12.5. The minimum Gasteiger partial charge on any atom is -0.452 e. The van der Waals surface area contributed by atoms with Gasteiger partial charge in [0, 0.05) is 13.1 Å². The zero-order chi connectivity index (χ0) is 16.1. The van der Waals surface area contributed by atoms with E-state index in [0.717, 1.165) is 25.7 Å². The standard InChI is InChI=1S/C16H19Cl2NO3/c1-19(11-6-3-2-4-7-11)14(20)10-22-16(21)12-8-5-9-13(17)15(12)18/h5,8-9,11H,2-4,6-7,10H2,1H3. The molecule has 0 bridgehead atoms. The van der Waals surface area contributed by atoms with Crippen LogP contribution in [0.5, 0.6) is 0 Å². The van der Waals surface area contributed by atoms with Crippen LogP contribution < -0.4 is 0 Å². The van der Waals surface area contributed by atoms with Gasteiger partial charge in [0.05, 0.1) is 15.6 Å². The first-order chi connectivity index (χ1) is 10.5. The molecule has 0 unspecified atom stereocenters. The molecule has 4 nitrogen and oxygen atoms in total. The molecule has 0 atom stereocenters. The second-order valence-electron chi connectivity index (χ2n) is 5.47. The van der Waals surface area contributed by atoms with Gasteiger partial charge >= 0.3 is 5.97 Å². The molecule has 0 spiro atoms. The molecule has 0 aromatic heterocycles. The first kappa shape index (κ1) is 17.1. The number of hydrogen-bond donors (Lipinski definition) is 0. The van der Waals surface area contributed by atoms with Crippen LogP contribution in [0.15, 0.2) is 18.2 Å². The van der Waals surface area contributed by atoms with E-state index in [1.807, 2.05) is 0 Å². The fraction of sp³-hybridized carbons (Fsp3) is 0.500. The van der Waals surface area contributed by atoms with Crippen molar-refractivity contribution in [3.05, 3.63) is 33.8 Å². The lowest BCUT2D eigenvalue weighted by Gasteiger charge is -2.31. The van der Waals surface area contributed by atoms with Crippen LogP contribution in [-0.4, -0.2) is 36.5 Å². The quantitative estimate of drug-likeness (QED) is 0.777. The predicted molar refractivity (Wildman–Crippen MR) is 86.4 cm³/mol. The largest absolute Gasteiger partial charge is 0.452 e. The second-order valence-corrected chi connectivity index (χ2v) is 6.26. The van der Waals surface area contributed by atoms with Crippen molar-refractivity contribution in [2.75, 3.05) is 13.7 Å². The highest BCUT2D eigenvalue weighted by atomic mass is 35.5. The van der Waals surface area contributed by atoms with Gasteiger partial charge in [0.15, 0.2) is 6.61 Å². The summed E-state index contributed by atoms with van der Waals surface area (Å²) in [5.74, 6) is -0.837. The number of ether oxygens (including phenoxy) is 1. The number of carbonyl (C=O) groups is 2. The number of hydrogen-bond acceptors (Lipinski definition) is 3. The molecule has 0 radical (unpaired) electrons. The number of amides is 1. The Labute approximate surface area is 140 Å². The molecule has 1 aliphatic rings. The van der Waals surface area contributed by atoms with Crippen molar-refractivity contribution >= 4 is 35.1 Å². The van der Waals surface area contributed by atoms with Crippen LogP contribution in [0.2, 0.25) is 10.0 Å². The summed E-state index contributed by atoms with van der Waals surface area (Å²) in [6.45, 7) is -0.283. The van der Waals surface area contributed by atoms with E-state index in [4.69, 9.17) is 27.9 Å². The summed E-state index contributed by atoms with van der Waals surface area (Å²) in [6, 6.07) is 4.96. The van der Waals surface area contributed by atoms with Gasteiger partial charge in [-0.3, -0.25) is 4.79 Å². The molecule has 0 heterocycles. The maximum Gasteiger partial charge on any atom is 0.340 e. The normalized spacial score (nSPS) is 15.4. The Morgan fingerprint density at radius 3 is 2.59 bits per heavy atom. The number of benzene rings is 1. The summed E-state index contributed by atoms with van der Waals surface area (Å²) in [6.07, 6.45) is 5.52. The van der Waals surface area contributed by atoms with Crippen LogP contribution in [0, 0.1) is 0 Å². The molecule has 1 saturated carbocycles. The Morgan fingerprint density at radius 1 is 1.23 bits per heavy atom. The number of rotatable bonds is 4. The van der Waals surface area contributed by atoms with Gasteiger partial charge < -0.3 is 9.64 Å². The van der Waals surface area contributed by atoms with Gasteiger partial charge in [-0.2, -0.15) is 0 Å². The molecule has 22 heavy (non-hydrogen) atoms. The predicted octanol–water partition coefficient (Wildman–Crippen LogP) is 3.94. The van der Waals surface area contributed by atoms with Gasteiger partial charge in [0.1, 0.15) is 0 Å². The molecule has 0 aliphatic heterocycles. The van der Waals surface area contributed by atoms with Gasteiger partial charge in [-0.25, -0.2) is 4.79 Å². The van der Waals surface area contributed by atoms with Crippen LogP contribution in [0.4, 0.5) is 0 Å². The molecule has 1 aliphatic carbocycles. The van der Waals surface area contributed by atoms with E-state index >= 15 is 0 Å². The van der Waals surface area contributed by atoms with E-state index < -0.39 is 5.97 Å². The number of nitrogens with zero attached hydrogens (tertiary/aromatic N) is 1. The summed E-state index contributed by atoms with van der Waals surface area (Å²) in [5, 5.41) is 0.420. The Balaban J connectivity index is 1.90. The molecule has 0 N–H and O–H groups in total. The molecule has 120 valence electrons. The van der Waals surface area contributed by atoms with Gasteiger partial charge in [-0.1, -0.05) is 48.5 Å². The van der Waals surface area contributed by atoms with E-state index in [1.165, 1.54) is 12.5 Å². The molecule has 1 aromatic rings. The van der Waals surface area contributed by atoms with Crippen LogP contribution in [0.3, 0.4) is 0 Å². The van der Waals surface area contributed by atoms with Crippen LogP contribution >= 0.6 is 23.2 Å². The Morgan fingerprint density at radius 2 is 1.91 bits per heavy atom. The molecular formula is C16H19Cl2NO3. The SMILES string of the molecule is CN(C(=O)COC(=O)c1cccc(Cl)c1Cl)C1CCCCC1. The highest BCUT2D eigenvalue weighted by molar-refractivity contribution is 6.43. The molecule has 1 fully saturated rings. The summed E-state index contributed by atoms with van der Waals surface area (Å²) in [7, 11) is 1.76. The van der Waals surface area contributed by atoms with Crippen LogP contribution in [-0.2, 0) is 9.53 Å². The Kier molecular flexibility index (Phi) is 6.09. The smallest absolute Gasteiger partial charge is 0.340 e. The van der Waals surface area contributed by atoms with Gasteiger partial charge in [-0.05, 0) is 25.0 Å². The molecule has 1 amide bonds. The zero-order valence-corrected chi connectivity index (χ0v) is 14.0. The van der Waals surface area contributed by atoms with E-state index in [9.17, 15) is 9.59 Å². The van der Waals surface area contributed by atoms with Crippen molar-refractivity contribution in [2.24, 2.45) is 0 Å². The molecule has 2 rings (SSSR count). The third-order valence-corrected chi connectivity index (χ3v) is 4.83. The van der Waals surface area contributed by atoms with Gasteiger partial charge in [-0.15, -0.1) is 0 Å². The first-order valence-corrected chi connectivity index (χ1v) is 8.13. The van der Waals surface area contributed by atoms with Crippen molar-refractivity contribution in [3.63, 3.8) is 0 Å². The fourth-order valence-corrected chi connectivity index (χ4v) is 3.02. The summed E-state index contributed by atoms with van der Waals surface area (Å²) >= 11 is 11.8. The minimum absolute atomic E-state index is 0.141. The fourth-order valence-electron chi connectivity index (χ4n) is 2.64. The van der Waals surface area contributed by atoms with Crippen molar-refractivity contribution in [1.82, 2.24) is 4.90 Å². The summed E-state index contributed by atoms with van der Waals surface area (Å²) in [5.41, 5.74) is 0.169. The number of carbonyl (C=O) groups excluding carboxylic acids is 2. The minimum atomic E-state index is -0.641. The van der Waals surface area contributed by atoms with Crippen molar-refractivity contribution < 1.29 is 14.3 Å². The lowest BCUT2D eigenvalue weighted by atomic mass is 9.94. The number of halogens is 2. The number of likely N-dealkylation sites (N-methyl/N-ethyl adjacent to an activating group) is 1. The Hall–Kier alpha value is -1.26. The van der Waals surface area contributed by atoms with Crippen molar-refractivity contribution in [1.29, 1.82) is 0 Å². The third-order valence-electron chi connectivity index (χ3n) is 4.01. The summed E-state index contributed by atoms with van der Waals surface area (Å²) in [4.78, 5) is 25.8. The van der Waals surface area contributed by atoms with Crippen molar-refractivity contribution in [2.45, 2.75) is 38.1 Å². The monoisotopic (exact) mass is 343 g/mol. The molecule has 1 aromatic carbocycles. The molecule has 0 saturated heterocycles. The number of esters is 1. The Bertz CT molecular complexity index is 556. The molecular weight excluding hydrogens is 325 g/mol. The first-order valence-electron chi connectivity index (χ1n) is 7.37. The second kappa shape index (κ2) is 7.84. The van der Waals surface area contributed by atoms with Crippen LogP contribution in [0.25, 0.3) is 0 Å². The molecule has 6 heteroatoms. The lowest BCUT2D eigenvalue weighted by molar-refractivity contribution is -0.135. The third kappa shape index (κ3) is 4.14. The summed E-state index contributed by atoms with van der Waals surface area (Å²) < 4.78 is 5.06. The van der Waals surface area contributed by atoms with E-state index in [2.05, 4.69) is 0 Å². The highest BCUT2D eigenvalue weighted by Gasteiger charge is 2.23. The van der Waals surface area contributed by atoms with Crippen LogP contribution in [0.1, 0.15) is 42.5 Å². The van der Waals surface area contributed by atoms with E-state index in [-0.39, 0.29) is 34.2 Å².